The van der Waals surface area contributed by atoms with E-state index in [1.165, 1.54) is 59.9 Å². The van der Waals surface area contributed by atoms with Gasteiger partial charge in [-0.15, -0.1) is 11.3 Å². The molecule has 1 amide bonds. The van der Waals surface area contributed by atoms with Crippen molar-refractivity contribution in [3.63, 3.8) is 0 Å². The molecular weight excluding hydrogens is 384 g/mol. The molecule has 3 aromatic rings. The smallest absolute Gasteiger partial charge is 0.269 e. The third-order valence-corrected chi connectivity index (χ3v) is 4.40. The Hall–Kier alpha value is -3.92. The minimum Gasteiger partial charge on any atom is -0.298 e. The van der Waals surface area contributed by atoms with E-state index in [4.69, 9.17) is 0 Å². The van der Waals surface area contributed by atoms with Gasteiger partial charge >= 0.3 is 0 Å². The van der Waals surface area contributed by atoms with Crippen LogP contribution in [0.25, 0.3) is 17.3 Å². The maximum atomic E-state index is 12.0. The summed E-state index contributed by atoms with van der Waals surface area (Å²) < 4.78 is 0. The number of hydrogen-bond acceptors (Lipinski definition) is 7. The van der Waals surface area contributed by atoms with Crippen molar-refractivity contribution in [2.45, 2.75) is 0 Å². The summed E-state index contributed by atoms with van der Waals surface area (Å²) in [5.41, 5.74) is 1.90. The molecule has 1 N–H and O–H groups in total. The van der Waals surface area contributed by atoms with Crippen molar-refractivity contribution in [2.75, 3.05) is 5.32 Å². The molecule has 0 saturated carbocycles. The van der Waals surface area contributed by atoms with Crippen molar-refractivity contribution in [3.8, 4) is 11.3 Å². The molecule has 9 nitrogen and oxygen atoms in total. The summed E-state index contributed by atoms with van der Waals surface area (Å²) in [7, 11) is 0. The lowest BCUT2D eigenvalue weighted by Crippen LogP contribution is -2.07. The molecule has 28 heavy (non-hydrogen) atoms. The molecule has 0 aliphatic rings. The number of rotatable bonds is 6. The maximum absolute atomic E-state index is 12.0. The predicted molar refractivity (Wildman–Crippen MR) is 105 cm³/mol. The van der Waals surface area contributed by atoms with Crippen LogP contribution in [0.15, 0.2) is 60.0 Å². The molecule has 0 bridgehead atoms. The van der Waals surface area contributed by atoms with Gasteiger partial charge in [0.05, 0.1) is 15.5 Å². The molecule has 0 radical (unpaired) electrons. The Morgan fingerprint density at radius 1 is 0.964 bits per heavy atom. The second-order valence-electron chi connectivity index (χ2n) is 5.51. The Labute approximate surface area is 162 Å². The van der Waals surface area contributed by atoms with Crippen LogP contribution in [0, 0.1) is 20.2 Å². The van der Waals surface area contributed by atoms with Gasteiger partial charge in [-0.25, -0.2) is 4.98 Å². The molecular formula is C18H12N4O5S. The summed E-state index contributed by atoms with van der Waals surface area (Å²) in [5.74, 6) is -0.400. The van der Waals surface area contributed by atoms with E-state index in [9.17, 15) is 25.0 Å². The first-order valence-corrected chi connectivity index (χ1v) is 8.74. The van der Waals surface area contributed by atoms with Crippen LogP contribution >= 0.6 is 11.3 Å². The highest BCUT2D eigenvalue weighted by atomic mass is 32.1. The monoisotopic (exact) mass is 396 g/mol. The lowest BCUT2D eigenvalue weighted by molar-refractivity contribution is -0.385. The third kappa shape index (κ3) is 4.62. The highest BCUT2D eigenvalue weighted by Gasteiger charge is 2.09. The predicted octanol–water partition coefficient (Wildman–Crippen LogP) is 4.28. The molecule has 2 aromatic carbocycles. The SMILES string of the molecule is O=C(C=Cc1ccc([N+](=O)[O-])cc1)Nc1nc(-c2ccc([N+](=O)[O-])cc2)cs1. The van der Waals surface area contributed by atoms with Gasteiger partial charge in [0.25, 0.3) is 11.4 Å². The van der Waals surface area contributed by atoms with E-state index < -0.39 is 15.8 Å². The molecule has 0 atom stereocenters. The van der Waals surface area contributed by atoms with Gasteiger partial charge in [0.15, 0.2) is 5.13 Å². The van der Waals surface area contributed by atoms with Crippen molar-refractivity contribution < 1.29 is 14.6 Å². The lowest BCUT2D eigenvalue weighted by atomic mass is 10.1. The van der Waals surface area contributed by atoms with Crippen molar-refractivity contribution in [2.24, 2.45) is 0 Å². The first-order chi connectivity index (χ1) is 13.4. The van der Waals surface area contributed by atoms with Crippen LogP contribution in [-0.2, 0) is 4.79 Å². The van der Waals surface area contributed by atoms with Crippen LogP contribution < -0.4 is 5.32 Å². The second kappa shape index (κ2) is 8.18. The van der Waals surface area contributed by atoms with Gasteiger partial charge in [-0.3, -0.25) is 30.3 Å². The van der Waals surface area contributed by atoms with Crippen molar-refractivity contribution >= 4 is 39.8 Å². The van der Waals surface area contributed by atoms with Crippen LogP contribution in [-0.4, -0.2) is 20.7 Å². The van der Waals surface area contributed by atoms with Crippen LogP contribution in [0.3, 0.4) is 0 Å². The molecule has 3 rings (SSSR count). The van der Waals surface area contributed by atoms with Gasteiger partial charge in [-0.05, 0) is 35.9 Å². The molecule has 0 fully saturated rings. The Kier molecular flexibility index (Phi) is 5.51. The van der Waals surface area contributed by atoms with Crippen molar-refractivity contribution in [3.05, 3.63) is 85.8 Å². The molecule has 1 heterocycles. The van der Waals surface area contributed by atoms with Gasteiger partial charge in [-0.1, -0.05) is 0 Å². The number of nitro groups is 2. The van der Waals surface area contributed by atoms with Crippen LogP contribution in [0.1, 0.15) is 5.56 Å². The average Bonchev–Trinajstić information content (AvgIpc) is 3.15. The highest BCUT2D eigenvalue weighted by Crippen LogP contribution is 2.26. The summed E-state index contributed by atoms with van der Waals surface area (Å²) >= 11 is 1.22. The Morgan fingerprint density at radius 3 is 2.11 bits per heavy atom. The Morgan fingerprint density at radius 2 is 1.54 bits per heavy atom. The fraction of sp³-hybridized carbons (Fsp3) is 0. The summed E-state index contributed by atoms with van der Waals surface area (Å²) in [5, 5.41) is 26.1. The molecule has 0 saturated heterocycles. The quantitative estimate of drug-likeness (QED) is 0.376. The van der Waals surface area contributed by atoms with Gasteiger partial charge in [0.2, 0.25) is 5.91 Å². The van der Waals surface area contributed by atoms with Crippen LogP contribution in [0.5, 0.6) is 0 Å². The number of nitrogens with one attached hydrogen (secondary N) is 1. The summed E-state index contributed by atoms with van der Waals surface area (Å²) in [6.45, 7) is 0. The number of thiazole rings is 1. The molecule has 0 unspecified atom stereocenters. The molecule has 140 valence electrons. The van der Waals surface area contributed by atoms with E-state index in [0.717, 1.165) is 0 Å². The standard InChI is InChI=1S/C18H12N4O5S/c23-17(10-3-12-1-6-14(7-2-12)21(24)25)20-18-19-16(11-28-18)13-4-8-15(9-5-13)22(26)27/h1-11H,(H,19,20,23). The zero-order valence-electron chi connectivity index (χ0n) is 14.1. The number of benzene rings is 2. The number of carbonyl (C=O) groups is 1. The van der Waals surface area contributed by atoms with E-state index in [1.54, 1.807) is 17.5 Å². The first-order valence-electron chi connectivity index (χ1n) is 7.86. The fourth-order valence-corrected chi connectivity index (χ4v) is 2.97. The fourth-order valence-electron chi connectivity index (χ4n) is 2.24. The number of nitrogens with zero attached hydrogens (tertiary/aromatic N) is 3. The molecule has 10 heteroatoms. The number of anilines is 1. The van der Waals surface area contributed by atoms with E-state index in [1.807, 2.05) is 0 Å². The Balaban J connectivity index is 1.63. The van der Waals surface area contributed by atoms with Crippen molar-refractivity contribution in [1.29, 1.82) is 0 Å². The average molecular weight is 396 g/mol. The number of amides is 1. The largest absolute Gasteiger partial charge is 0.298 e. The minimum absolute atomic E-state index is 0.0103. The third-order valence-electron chi connectivity index (χ3n) is 3.64. The molecule has 0 aliphatic heterocycles. The van der Waals surface area contributed by atoms with E-state index >= 15 is 0 Å². The van der Waals surface area contributed by atoms with E-state index in [2.05, 4.69) is 10.3 Å². The topological polar surface area (TPSA) is 128 Å². The molecule has 1 aromatic heterocycles. The number of aromatic nitrogens is 1. The number of non-ortho nitro benzene ring substituents is 2. The number of hydrogen-bond donors (Lipinski definition) is 1. The summed E-state index contributed by atoms with van der Waals surface area (Å²) in [4.78, 5) is 36.6. The minimum atomic E-state index is -0.495. The normalized spacial score (nSPS) is 10.7. The first kappa shape index (κ1) is 18.9. The van der Waals surface area contributed by atoms with E-state index in [0.29, 0.717) is 22.0 Å². The van der Waals surface area contributed by atoms with E-state index in [-0.39, 0.29) is 11.4 Å². The number of carbonyl (C=O) groups excluding carboxylic acids is 1. The zero-order chi connectivity index (χ0) is 20.1. The second-order valence-corrected chi connectivity index (χ2v) is 6.37. The summed E-state index contributed by atoms with van der Waals surface area (Å²) in [6.07, 6.45) is 2.83. The van der Waals surface area contributed by atoms with Crippen molar-refractivity contribution in [1.82, 2.24) is 4.98 Å². The van der Waals surface area contributed by atoms with Gasteiger partial charge in [0.1, 0.15) is 0 Å². The number of nitro benzene ring substituents is 2. The van der Waals surface area contributed by atoms with Gasteiger partial charge < -0.3 is 0 Å². The molecule has 0 spiro atoms. The maximum Gasteiger partial charge on any atom is 0.269 e. The van der Waals surface area contributed by atoms with Gasteiger partial charge in [0, 0.05) is 41.3 Å². The highest BCUT2D eigenvalue weighted by molar-refractivity contribution is 7.14. The Bertz CT molecular complexity index is 1060. The zero-order valence-corrected chi connectivity index (χ0v) is 15.0. The van der Waals surface area contributed by atoms with Gasteiger partial charge in [-0.2, -0.15) is 0 Å². The lowest BCUT2D eigenvalue weighted by Gasteiger charge is -1.98. The van der Waals surface area contributed by atoms with Crippen LogP contribution in [0.2, 0.25) is 0 Å². The van der Waals surface area contributed by atoms with Crippen LogP contribution in [0.4, 0.5) is 16.5 Å². The summed E-state index contributed by atoms with van der Waals surface area (Å²) in [6, 6.07) is 11.8. The molecule has 0 aliphatic carbocycles.